The molecule has 0 aliphatic carbocycles. The summed E-state index contributed by atoms with van der Waals surface area (Å²) in [4.78, 5) is 0. The fourth-order valence-electron chi connectivity index (χ4n) is 1.06. The Bertz CT molecular complexity index is 331. The van der Waals surface area contributed by atoms with Gasteiger partial charge in [-0.15, -0.1) is 0 Å². The van der Waals surface area contributed by atoms with E-state index >= 15 is 0 Å². The molecule has 0 fully saturated rings. The van der Waals surface area contributed by atoms with Gasteiger partial charge in [0.1, 0.15) is 6.61 Å². The fourth-order valence-corrected chi connectivity index (χ4v) is 2.69. The van der Waals surface area contributed by atoms with E-state index in [9.17, 15) is 13.2 Å². The van der Waals surface area contributed by atoms with Gasteiger partial charge in [-0.1, -0.05) is 0 Å². The summed E-state index contributed by atoms with van der Waals surface area (Å²) in [5.74, 6) is 5.26. The molecule has 1 rings (SSSR count). The topological polar surface area (TPSA) is 47.3 Å². The molecule has 8 heteroatoms. The van der Waals surface area contributed by atoms with Crippen LogP contribution in [0.2, 0.25) is 0 Å². The van der Waals surface area contributed by atoms with Crippen LogP contribution in [0.25, 0.3) is 0 Å². The molecular formula is C8H10BrF3N2OS. The van der Waals surface area contributed by atoms with E-state index in [4.69, 9.17) is 5.84 Å². The number of ether oxygens (including phenoxy) is 1. The molecule has 1 unspecified atom stereocenters. The van der Waals surface area contributed by atoms with Crippen molar-refractivity contribution in [2.45, 2.75) is 12.2 Å². The standard InChI is InChI=1S/C8H10BrF3N2OS/c9-6-3-16-2-5(6)7(14-13)1-15-4-8(10,11)12/h2-3,7,14H,1,4,13H2. The van der Waals surface area contributed by atoms with Gasteiger partial charge in [-0.3, -0.25) is 11.3 Å². The van der Waals surface area contributed by atoms with Gasteiger partial charge in [0.2, 0.25) is 0 Å². The molecule has 0 amide bonds. The van der Waals surface area contributed by atoms with Crippen molar-refractivity contribution in [1.29, 1.82) is 0 Å². The molecule has 0 aliphatic rings. The second-order valence-corrected chi connectivity index (χ2v) is 4.62. The molecule has 0 saturated heterocycles. The maximum absolute atomic E-state index is 11.8. The van der Waals surface area contributed by atoms with E-state index in [1.165, 1.54) is 11.3 Å². The zero-order chi connectivity index (χ0) is 12.2. The van der Waals surface area contributed by atoms with Crippen LogP contribution < -0.4 is 11.3 Å². The van der Waals surface area contributed by atoms with Crippen LogP contribution in [0.4, 0.5) is 13.2 Å². The van der Waals surface area contributed by atoms with Crippen molar-refractivity contribution in [2.75, 3.05) is 13.2 Å². The largest absolute Gasteiger partial charge is 0.411 e. The van der Waals surface area contributed by atoms with Gasteiger partial charge in [0.05, 0.1) is 12.6 Å². The molecule has 1 aromatic rings. The molecule has 0 saturated carbocycles. The quantitative estimate of drug-likeness (QED) is 0.648. The molecular weight excluding hydrogens is 309 g/mol. The molecule has 1 atom stereocenters. The lowest BCUT2D eigenvalue weighted by Gasteiger charge is -2.16. The molecule has 0 aliphatic heterocycles. The maximum Gasteiger partial charge on any atom is 0.411 e. The van der Waals surface area contributed by atoms with E-state index in [0.29, 0.717) is 0 Å². The van der Waals surface area contributed by atoms with Gasteiger partial charge in [0.25, 0.3) is 0 Å². The van der Waals surface area contributed by atoms with Gasteiger partial charge >= 0.3 is 6.18 Å². The SMILES string of the molecule is NNC(COCC(F)(F)F)c1cscc1Br. The van der Waals surface area contributed by atoms with Gasteiger partial charge in [0, 0.05) is 9.85 Å². The van der Waals surface area contributed by atoms with Crippen molar-refractivity contribution < 1.29 is 17.9 Å². The van der Waals surface area contributed by atoms with Crippen LogP contribution in [0.3, 0.4) is 0 Å². The van der Waals surface area contributed by atoms with E-state index in [2.05, 4.69) is 26.1 Å². The van der Waals surface area contributed by atoms with Crippen molar-refractivity contribution in [3.8, 4) is 0 Å². The van der Waals surface area contributed by atoms with Crippen molar-refractivity contribution in [3.05, 3.63) is 20.8 Å². The lowest BCUT2D eigenvalue weighted by atomic mass is 10.2. The molecule has 0 spiro atoms. The predicted octanol–water partition coefficient (Wildman–Crippen LogP) is 2.59. The average Bonchev–Trinajstić information content (AvgIpc) is 2.58. The highest BCUT2D eigenvalue weighted by molar-refractivity contribution is 9.10. The first-order valence-electron chi connectivity index (χ1n) is 4.26. The van der Waals surface area contributed by atoms with Crippen LogP contribution in [-0.2, 0) is 4.74 Å². The van der Waals surface area contributed by atoms with Crippen LogP contribution >= 0.6 is 27.3 Å². The van der Waals surface area contributed by atoms with Gasteiger partial charge in [0.15, 0.2) is 0 Å². The van der Waals surface area contributed by atoms with E-state index in [1.54, 1.807) is 5.38 Å². The Morgan fingerprint density at radius 2 is 2.19 bits per heavy atom. The van der Waals surface area contributed by atoms with Crippen molar-refractivity contribution >= 4 is 27.3 Å². The number of nitrogens with two attached hydrogens (primary N) is 1. The first-order chi connectivity index (χ1) is 7.44. The van der Waals surface area contributed by atoms with E-state index in [1.807, 2.05) is 5.38 Å². The number of hydrogen-bond donors (Lipinski definition) is 2. The Morgan fingerprint density at radius 1 is 1.50 bits per heavy atom. The molecule has 1 aromatic heterocycles. The third kappa shape index (κ3) is 4.38. The minimum atomic E-state index is -4.31. The Kier molecular flexibility index (Phi) is 5.19. The summed E-state index contributed by atoms with van der Waals surface area (Å²) >= 11 is 4.70. The Morgan fingerprint density at radius 3 is 2.62 bits per heavy atom. The first-order valence-corrected chi connectivity index (χ1v) is 6.00. The molecule has 3 nitrogen and oxygen atoms in total. The summed E-state index contributed by atoms with van der Waals surface area (Å²) in [5.41, 5.74) is 3.20. The molecule has 0 aromatic carbocycles. The number of halogens is 4. The average molecular weight is 319 g/mol. The third-order valence-electron chi connectivity index (χ3n) is 1.77. The minimum Gasteiger partial charge on any atom is -0.370 e. The second kappa shape index (κ2) is 5.97. The first kappa shape index (κ1) is 13.9. The molecule has 92 valence electrons. The number of nitrogens with one attached hydrogen (secondary N) is 1. The number of hydrazine groups is 1. The van der Waals surface area contributed by atoms with Gasteiger partial charge in [-0.25, -0.2) is 0 Å². The summed E-state index contributed by atoms with van der Waals surface area (Å²) in [6, 6.07) is -0.456. The number of rotatable bonds is 5. The number of thiophene rings is 1. The van der Waals surface area contributed by atoms with E-state index in [0.717, 1.165) is 10.0 Å². The van der Waals surface area contributed by atoms with Gasteiger partial charge < -0.3 is 4.74 Å². The lowest BCUT2D eigenvalue weighted by molar-refractivity contribution is -0.175. The van der Waals surface area contributed by atoms with Crippen molar-refractivity contribution in [1.82, 2.24) is 5.43 Å². The zero-order valence-electron chi connectivity index (χ0n) is 8.05. The molecule has 0 bridgehead atoms. The highest BCUT2D eigenvalue weighted by Crippen LogP contribution is 2.27. The summed E-state index contributed by atoms with van der Waals surface area (Å²) < 4.78 is 40.9. The smallest absolute Gasteiger partial charge is 0.370 e. The minimum absolute atomic E-state index is 0.134. The zero-order valence-corrected chi connectivity index (χ0v) is 10.5. The van der Waals surface area contributed by atoms with Crippen LogP contribution in [0.15, 0.2) is 15.2 Å². The van der Waals surface area contributed by atoms with Crippen LogP contribution in [-0.4, -0.2) is 19.4 Å². The van der Waals surface area contributed by atoms with Crippen molar-refractivity contribution in [2.24, 2.45) is 5.84 Å². The summed E-state index contributed by atoms with van der Waals surface area (Å²) in [7, 11) is 0. The highest BCUT2D eigenvalue weighted by atomic mass is 79.9. The van der Waals surface area contributed by atoms with Crippen LogP contribution in [0.1, 0.15) is 11.6 Å². The van der Waals surface area contributed by atoms with E-state index < -0.39 is 18.8 Å². The molecule has 16 heavy (non-hydrogen) atoms. The second-order valence-electron chi connectivity index (χ2n) is 3.02. The normalized spacial score (nSPS) is 14.1. The Labute approximate surface area is 103 Å². The number of hydrogen-bond acceptors (Lipinski definition) is 4. The lowest BCUT2D eigenvalue weighted by Crippen LogP contribution is -2.32. The summed E-state index contributed by atoms with van der Waals surface area (Å²) in [6.45, 7) is -1.40. The molecule has 0 radical (unpaired) electrons. The van der Waals surface area contributed by atoms with E-state index in [-0.39, 0.29) is 6.61 Å². The molecule has 1 heterocycles. The fraction of sp³-hybridized carbons (Fsp3) is 0.500. The monoisotopic (exact) mass is 318 g/mol. The van der Waals surface area contributed by atoms with Crippen molar-refractivity contribution in [3.63, 3.8) is 0 Å². The Hall–Kier alpha value is -0.150. The van der Waals surface area contributed by atoms with Gasteiger partial charge in [-0.2, -0.15) is 24.5 Å². The summed E-state index contributed by atoms with van der Waals surface area (Å²) in [5, 5.41) is 3.62. The maximum atomic E-state index is 11.8. The number of alkyl halides is 3. The Balaban J connectivity index is 2.48. The predicted molar refractivity (Wildman–Crippen MR) is 59.0 cm³/mol. The van der Waals surface area contributed by atoms with Gasteiger partial charge in [-0.05, 0) is 26.9 Å². The molecule has 3 N–H and O–H groups in total. The highest BCUT2D eigenvalue weighted by Gasteiger charge is 2.28. The third-order valence-corrected chi connectivity index (χ3v) is 3.52. The van der Waals surface area contributed by atoms with Crippen LogP contribution in [0, 0.1) is 0 Å². The van der Waals surface area contributed by atoms with Crippen LogP contribution in [0.5, 0.6) is 0 Å². The summed E-state index contributed by atoms with van der Waals surface area (Å²) in [6.07, 6.45) is -4.31.